The molecule has 1 atom stereocenters. The van der Waals surface area contributed by atoms with Gasteiger partial charge in [0.2, 0.25) is 0 Å². The standard InChI is InChI=1S/C26H21Cl2F2NO5/c1-35-22-12-20(30)19(29)11-16(22)15-8-7-13(14-4-3-9-36-24(14)15)10-21(26(33)34)31-25(32)23-17(27)5-2-6-18(23)28/h2,5-8,11-12,21H,3-4,9-10H2,1H3,(H,31,32)(H,33,34). The first-order valence-corrected chi connectivity index (χ1v) is 11.8. The van der Waals surface area contributed by atoms with Gasteiger partial charge >= 0.3 is 5.97 Å². The second kappa shape index (κ2) is 10.7. The summed E-state index contributed by atoms with van der Waals surface area (Å²) in [6.07, 6.45) is 1.20. The van der Waals surface area contributed by atoms with E-state index in [0.29, 0.717) is 41.9 Å². The number of hydrogen-bond acceptors (Lipinski definition) is 4. The van der Waals surface area contributed by atoms with Crippen molar-refractivity contribution in [2.45, 2.75) is 25.3 Å². The Kier molecular flexibility index (Phi) is 7.66. The molecule has 4 rings (SSSR count). The number of ether oxygens (including phenoxy) is 2. The lowest BCUT2D eigenvalue weighted by Crippen LogP contribution is -2.42. The molecule has 36 heavy (non-hydrogen) atoms. The van der Waals surface area contributed by atoms with Crippen molar-refractivity contribution in [3.63, 3.8) is 0 Å². The molecule has 1 heterocycles. The molecule has 10 heteroatoms. The van der Waals surface area contributed by atoms with E-state index < -0.39 is 29.6 Å². The summed E-state index contributed by atoms with van der Waals surface area (Å²) in [6, 6.07) is 8.58. The topological polar surface area (TPSA) is 84.9 Å². The number of benzene rings is 3. The van der Waals surface area contributed by atoms with E-state index >= 15 is 0 Å². The molecule has 3 aromatic carbocycles. The number of hydrogen-bond donors (Lipinski definition) is 2. The number of carbonyl (C=O) groups excluding carboxylic acids is 1. The van der Waals surface area contributed by atoms with Crippen molar-refractivity contribution in [1.29, 1.82) is 0 Å². The number of rotatable bonds is 7. The molecule has 0 aliphatic carbocycles. The van der Waals surface area contributed by atoms with Crippen LogP contribution in [-0.4, -0.2) is 36.7 Å². The molecule has 0 spiro atoms. The molecular weight excluding hydrogens is 515 g/mol. The molecule has 2 N–H and O–H groups in total. The average molecular weight is 536 g/mol. The molecule has 0 saturated heterocycles. The maximum absolute atomic E-state index is 14.1. The van der Waals surface area contributed by atoms with Gasteiger partial charge in [-0.1, -0.05) is 41.4 Å². The van der Waals surface area contributed by atoms with Gasteiger partial charge in [0.1, 0.15) is 17.5 Å². The second-order valence-corrected chi connectivity index (χ2v) is 8.98. The van der Waals surface area contributed by atoms with Crippen molar-refractivity contribution in [1.82, 2.24) is 5.32 Å². The van der Waals surface area contributed by atoms with E-state index in [-0.39, 0.29) is 27.8 Å². The van der Waals surface area contributed by atoms with Crippen LogP contribution in [0.5, 0.6) is 11.5 Å². The fourth-order valence-electron chi connectivity index (χ4n) is 4.21. The van der Waals surface area contributed by atoms with Gasteiger partial charge in [0.05, 0.1) is 29.3 Å². The van der Waals surface area contributed by atoms with Crippen LogP contribution in [0.25, 0.3) is 11.1 Å². The maximum Gasteiger partial charge on any atom is 0.326 e. The highest BCUT2D eigenvalue weighted by molar-refractivity contribution is 6.39. The number of nitrogens with one attached hydrogen (secondary N) is 1. The number of methoxy groups -OCH3 is 1. The lowest BCUT2D eigenvalue weighted by Gasteiger charge is -2.25. The Morgan fingerprint density at radius 2 is 1.81 bits per heavy atom. The molecule has 1 aliphatic rings. The van der Waals surface area contributed by atoms with Gasteiger partial charge in [0.15, 0.2) is 11.6 Å². The average Bonchev–Trinajstić information content (AvgIpc) is 2.85. The fraction of sp³-hybridized carbons (Fsp3) is 0.231. The van der Waals surface area contributed by atoms with Gasteiger partial charge in [-0.25, -0.2) is 13.6 Å². The molecule has 0 fully saturated rings. The Balaban J connectivity index is 1.70. The van der Waals surface area contributed by atoms with E-state index in [1.807, 2.05) is 0 Å². The number of aliphatic carboxylic acids is 1. The summed E-state index contributed by atoms with van der Waals surface area (Å²) < 4.78 is 39.0. The highest BCUT2D eigenvalue weighted by Crippen LogP contribution is 2.42. The first-order valence-electron chi connectivity index (χ1n) is 11.0. The zero-order chi connectivity index (χ0) is 26.0. The van der Waals surface area contributed by atoms with Crippen LogP contribution in [0.3, 0.4) is 0 Å². The van der Waals surface area contributed by atoms with Gasteiger partial charge < -0.3 is 19.9 Å². The van der Waals surface area contributed by atoms with Gasteiger partial charge in [-0.2, -0.15) is 0 Å². The lowest BCUT2D eigenvalue weighted by atomic mass is 9.90. The van der Waals surface area contributed by atoms with Gasteiger partial charge in [-0.15, -0.1) is 0 Å². The molecule has 1 unspecified atom stereocenters. The third-order valence-electron chi connectivity index (χ3n) is 5.92. The van der Waals surface area contributed by atoms with Gasteiger partial charge in [0.25, 0.3) is 5.91 Å². The molecular formula is C26H21Cl2F2NO5. The predicted molar refractivity (Wildman–Crippen MR) is 131 cm³/mol. The molecule has 6 nitrogen and oxygen atoms in total. The zero-order valence-corrected chi connectivity index (χ0v) is 20.6. The number of fused-ring (bicyclic) bond motifs is 1. The molecule has 0 radical (unpaired) electrons. The Morgan fingerprint density at radius 1 is 1.11 bits per heavy atom. The van der Waals surface area contributed by atoms with Crippen molar-refractivity contribution < 1.29 is 33.0 Å². The minimum Gasteiger partial charge on any atom is -0.496 e. The smallest absolute Gasteiger partial charge is 0.326 e. The van der Waals surface area contributed by atoms with Crippen LogP contribution in [0.4, 0.5) is 8.78 Å². The summed E-state index contributed by atoms with van der Waals surface area (Å²) in [7, 11) is 1.35. The zero-order valence-electron chi connectivity index (χ0n) is 19.0. The largest absolute Gasteiger partial charge is 0.496 e. The Hall–Kier alpha value is -3.36. The lowest BCUT2D eigenvalue weighted by molar-refractivity contribution is -0.139. The van der Waals surface area contributed by atoms with Crippen LogP contribution in [-0.2, 0) is 17.6 Å². The molecule has 1 aliphatic heterocycles. The quantitative estimate of drug-likeness (QED) is 0.405. The van der Waals surface area contributed by atoms with Gasteiger partial charge in [0, 0.05) is 23.6 Å². The SMILES string of the molecule is COc1cc(F)c(F)cc1-c1ccc(CC(NC(=O)c2c(Cl)cccc2Cl)C(=O)O)c2c1OCCC2. The van der Waals surface area contributed by atoms with E-state index in [4.69, 9.17) is 32.7 Å². The molecule has 0 saturated carbocycles. The fourth-order valence-corrected chi connectivity index (χ4v) is 4.78. The van der Waals surface area contributed by atoms with Crippen LogP contribution in [0.2, 0.25) is 10.0 Å². The monoisotopic (exact) mass is 535 g/mol. The van der Waals surface area contributed by atoms with Crippen molar-refractivity contribution in [2.75, 3.05) is 13.7 Å². The Labute approximate surface area is 215 Å². The third-order valence-corrected chi connectivity index (χ3v) is 6.55. The molecule has 0 aromatic heterocycles. The van der Waals surface area contributed by atoms with Crippen molar-refractivity contribution in [3.05, 3.63) is 80.8 Å². The highest BCUT2D eigenvalue weighted by Gasteiger charge is 2.28. The van der Waals surface area contributed by atoms with Gasteiger partial charge in [-0.05, 0) is 42.2 Å². The van der Waals surface area contributed by atoms with E-state index in [2.05, 4.69) is 5.32 Å². The minimum atomic E-state index is -1.29. The molecule has 1 amide bonds. The summed E-state index contributed by atoms with van der Waals surface area (Å²) in [4.78, 5) is 24.8. The molecule has 188 valence electrons. The van der Waals surface area contributed by atoms with Crippen LogP contribution in [0.15, 0.2) is 42.5 Å². The summed E-state index contributed by atoms with van der Waals surface area (Å²) in [5.74, 6) is -3.47. The number of halogens is 4. The Morgan fingerprint density at radius 3 is 2.47 bits per heavy atom. The van der Waals surface area contributed by atoms with Crippen LogP contribution >= 0.6 is 23.2 Å². The second-order valence-electron chi connectivity index (χ2n) is 8.16. The van der Waals surface area contributed by atoms with E-state index in [1.165, 1.54) is 19.2 Å². The molecule has 0 bridgehead atoms. The van der Waals surface area contributed by atoms with E-state index in [1.54, 1.807) is 18.2 Å². The van der Waals surface area contributed by atoms with Crippen LogP contribution in [0.1, 0.15) is 27.9 Å². The highest BCUT2D eigenvalue weighted by atomic mass is 35.5. The molecule has 3 aromatic rings. The van der Waals surface area contributed by atoms with Crippen molar-refractivity contribution in [3.8, 4) is 22.6 Å². The summed E-state index contributed by atoms with van der Waals surface area (Å²) in [5.41, 5.74) is 2.13. The predicted octanol–water partition coefficient (Wildman–Crippen LogP) is 5.70. The summed E-state index contributed by atoms with van der Waals surface area (Å²) >= 11 is 12.2. The summed E-state index contributed by atoms with van der Waals surface area (Å²) in [5, 5.41) is 12.5. The van der Waals surface area contributed by atoms with Gasteiger partial charge in [-0.3, -0.25) is 4.79 Å². The van der Waals surface area contributed by atoms with Crippen LogP contribution in [0, 0.1) is 11.6 Å². The minimum absolute atomic E-state index is 0.0155. The maximum atomic E-state index is 14.1. The van der Waals surface area contributed by atoms with Crippen LogP contribution < -0.4 is 14.8 Å². The van der Waals surface area contributed by atoms with Crippen molar-refractivity contribution >= 4 is 35.1 Å². The van der Waals surface area contributed by atoms with Crippen molar-refractivity contribution in [2.24, 2.45) is 0 Å². The van der Waals surface area contributed by atoms with E-state index in [0.717, 1.165) is 17.7 Å². The number of carboxylic acid groups (broad SMARTS) is 1. The van der Waals surface area contributed by atoms with E-state index in [9.17, 15) is 23.5 Å². The number of carboxylic acids is 1. The normalized spacial score (nSPS) is 13.4. The number of amides is 1. The Bertz CT molecular complexity index is 1330. The number of carbonyl (C=O) groups is 2. The summed E-state index contributed by atoms with van der Waals surface area (Å²) in [6.45, 7) is 0.402. The first kappa shape index (κ1) is 25.7. The first-order chi connectivity index (χ1) is 17.2. The third kappa shape index (κ3) is 5.10.